The van der Waals surface area contributed by atoms with Gasteiger partial charge in [0.1, 0.15) is 4.83 Å². The van der Waals surface area contributed by atoms with Gasteiger partial charge in [-0.2, -0.15) is 23.4 Å². The van der Waals surface area contributed by atoms with Crippen LogP contribution in [0.15, 0.2) is 18.3 Å². The highest BCUT2D eigenvalue weighted by molar-refractivity contribution is 7.20. The molecule has 128 valence electrons. The first-order valence-corrected chi connectivity index (χ1v) is 7.99. The topological polar surface area (TPSA) is 64.7 Å². The summed E-state index contributed by atoms with van der Waals surface area (Å²) in [6.07, 6.45) is -1.93. The number of carbonyl (C=O) groups is 1. The van der Waals surface area contributed by atoms with Crippen LogP contribution in [0.3, 0.4) is 0 Å². The highest BCUT2D eigenvalue weighted by atomic mass is 32.1. The summed E-state index contributed by atoms with van der Waals surface area (Å²) in [5.74, 6) is -0.133. The fourth-order valence-electron chi connectivity index (χ4n) is 2.32. The number of halogens is 3. The molecule has 10 heteroatoms. The number of aromatic nitrogens is 4. The Morgan fingerprint density at radius 2 is 2.12 bits per heavy atom. The summed E-state index contributed by atoms with van der Waals surface area (Å²) in [4.78, 5) is 12.7. The molecule has 1 N–H and O–H groups in total. The number of amides is 1. The van der Waals surface area contributed by atoms with E-state index < -0.39 is 17.8 Å². The predicted molar refractivity (Wildman–Crippen MR) is 84.1 cm³/mol. The van der Waals surface area contributed by atoms with E-state index in [9.17, 15) is 18.0 Å². The second-order valence-corrected chi connectivity index (χ2v) is 6.25. The van der Waals surface area contributed by atoms with Crippen LogP contribution in [0.5, 0.6) is 0 Å². The van der Waals surface area contributed by atoms with Crippen LogP contribution < -0.4 is 5.32 Å². The number of hydrogen-bond acceptors (Lipinski definition) is 4. The molecule has 3 heterocycles. The summed E-state index contributed by atoms with van der Waals surface area (Å²) in [5.41, 5.74) is -0.984. The zero-order valence-corrected chi connectivity index (χ0v) is 13.7. The molecular formula is C14H14F3N5OS. The maximum Gasteiger partial charge on any atom is 0.435 e. The third-order valence-electron chi connectivity index (χ3n) is 3.34. The maximum absolute atomic E-state index is 13.0. The zero-order valence-electron chi connectivity index (χ0n) is 12.9. The lowest BCUT2D eigenvalue weighted by molar-refractivity contribution is -0.140. The van der Waals surface area contributed by atoms with Crippen molar-refractivity contribution in [2.45, 2.75) is 26.1 Å². The SMILES string of the molecule is CCCn1ccc(NC(=O)c2cc3c(C(F)(F)F)nn(C)c3s2)n1. The van der Waals surface area contributed by atoms with Crippen LogP contribution in [-0.2, 0) is 19.8 Å². The molecule has 3 rings (SSSR count). The highest BCUT2D eigenvalue weighted by Crippen LogP contribution is 2.37. The number of nitrogens with one attached hydrogen (secondary N) is 1. The van der Waals surface area contributed by atoms with Crippen molar-refractivity contribution >= 4 is 33.3 Å². The number of thiophene rings is 1. The number of hydrogen-bond donors (Lipinski definition) is 1. The smallest absolute Gasteiger partial charge is 0.304 e. The maximum atomic E-state index is 13.0. The van der Waals surface area contributed by atoms with E-state index in [1.807, 2.05) is 6.92 Å². The molecule has 6 nitrogen and oxygen atoms in total. The number of carbonyl (C=O) groups excluding carboxylic acids is 1. The lowest BCUT2D eigenvalue weighted by Gasteiger charge is -2.01. The van der Waals surface area contributed by atoms with Crippen molar-refractivity contribution in [2.75, 3.05) is 5.32 Å². The number of rotatable bonds is 4. The number of fused-ring (bicyclic) bond motifs is 1. The standard InChI is InChI=1S/C14H14F3N5OS/c1-3-5-22-6-4-10(19-22)18-12(23)9-7-8-11(14(15,16)17)20-21(2)13(8)24-9/h4,6-7H,3,5H2,1-2H3,(H,18,19,23). The molecule has 0 unspecified atom stereocenters. The number of aryl methyl sites for hydroxylation is 2. The van der Waals surface area contributed by atoms with Crippen LogP contribution in [0.2, 0.25) is 0 Å². The molecule has 0 saturated carbocycles. The van der Waals surface area contributed by atoms with E-state index in [2.05, 4.69) is 15.5 Å². The second kappa shape index (κ2) is 5.93. The minimum atomic E-state index is -4.56. The molecule has 3 aromatic heterocycles. The minimum Gasteiger partial charge on any atom is -0.304 e. The van der Waals surface area contributed by atoms with Crippen LogP contribution in [0.1, 0.15) is 28.7 Å². The molecule has 0 aromatic carbocycles. The van der Waals surface area contributed by atoms with Crippen molar-refractivity contribution in [1.82, 2.24) is 19.6 Å². The van der Waals surface area contributed by atoms with Crippen molar-refractivity contribution in [1.29, 1.82) is 0 Å². The lowest BCUT2D eigenvalue weighted by Crippen LogP contribution is -2.11. The molecule has 0 aliphatic heterocycles. The van der Waals surface area contributed by atoms with Gasteiger partial charge in [-0.15, -0.1) is 11.3 Å². The molecule has 0 atom stereocenters. The van der Waals surface area contributed by atoms with Gasteiger partial charge in [0, 0.05) is 31.2 Å². The van der Waals surface area contributed by atoms with E-state index in [1.54, 1.807) is 16.9 Å². The van der Waals surface area contributed by atoms with Gasteiger partial charge in [0.25, 0.3) is 5.91 Å². The number of nitrogens with zero attached hydrogens (tertiary/aromatic N) is 4. The molecule has 1 amide bonds. The quantitative estimate of drug-likeness (QED) is 0.777. The van der Waals surface area contributed by atoms with Gasteiger partial charge in [0.2, 0.25) is 0 Å². The molecular weight excluding hydrogens is 343 g/mol. The molecule has 0 aliphatic carbocycles. The Bertz CT molecular complexity index is 892. The van der Waals surface area contributed by atoms with Gasteiger partial charge < -0.3 is 5.32 Å². The third-order valence-corrected chi connectivity index (χ3v) is 4.54. The van der Waals surface area contributed by atoms with Crippen molar-refractivity contribution < 1.29 is 18.0 Å². The van der Waals surface area contributed by atoms with Gasteiger partial charge in [0.05, 0.1) is 4.88 Å². The van der Waals surface area contributed by atoms with Crippen molar-refractivity contribution in [2.24, 2.45) is 7.05 Å². The van der Waals surface area contributed by atoms with Crippen molar-refractivity contribution in [3.63, 3.8) is 0 Å². The Balaban J connectivity index is 1.87. The number of anilines is 1. The van der Waals surface area contributed by atoms with Gasteiger partial charge in [-0.3, -0.25) is 14.2 Å². The minimum absolute atomic E-state index is 0.0725. The molecule has 24 heavy (non-hydrogen) atoms. The fourth-order valence-corrected chi connectivity index (χ4v) is 3.29. The van der Waals surface area contributed by atoms with Gasteiger partial charge in [-0.1, -0.05) is 6.92 Å². The monoisotopic (exact) mass is 357 g/mol. The average molecular weight is 357 g/mol. The van der Waals surface area contributed by atoms with Gasteiger partial charge in [0.15, 0.2) is 11.5 Å². The summed E-state index contributed by atoms with van der Waals surface area (Å²) in [6, 6.07) is 2.86. The summed E-state index contributed by atoms with van der Waals surface area (Å²) in [5, 5.41) is 10.2. The zero-order chi connectivity index (χ0) is 17.5. The van der Waals surface area contributed by atoms with E-state index in [0.29, 0.717) is 10.6 Å². The lowest BCUT2D eigenvalue weighted by atomic mass is 10.3. The van der Waals surface area contributed by atoms with Crippen molar-refractivity contribution in [3.05, 3.63) is 28.9 Å². The molecule has 3 aromatic rings. The Kier molecular flexibility index (Phi) is 4.08. The molecule has 0 bridgehead atoms. The predicted octanol–water partition coefficient (Wildman–Crippen LogP) is 3.51. The Morgan fingerprint density at radius 3 is 2.79 bits per heavy atom. The molecule has 0 radical (unpaired) electrons. The van der Waals surface area contributed by atoms with Crippen LogP contribution >= 0.6 is 11.3 Å². The molecule has 0 aliphatic rings. The van der Waals surface area contributed by atoms with E-state index in [1.165, 1.54) is 13.1 Å². The third kappa shape index (κ3) is 3.01. The van der Waals surface area contributed by atoms with E-state index >= 15 is 0 Å². The van der Waals surface area contributed by atoms with Gasteiger partial charge >= 0.3 is 6.18 Å². The highest BCUT2D eigenvalue weighted by Gasteiger charge is 2.37. The van der Waals surface area contributed by atoms with E-state index in [0.717, 1.165) is 29.0 Å². The van der Waals surface area contributed by atoms with Crippen LogP contribution in [0.25, 0.3) is 10.2 Å². The first-order valence-electron chi connectivity index (χ1n) is 7.18. The van der Waals surface area contributed by atoms with Crippen LogP contribution in [0.4, 0.5) is 19.0 Å². The first-order chi connectivity index (χ1) is 11.3. The van der Waals surface area contributed by atoms with Gasteiger partial charge in [-0.05, 0) is 12.5 Å². The Labute approximate surface area is 138 Å². The Morgan fingerprint density at radius 1 is 1.38 bits per heavy atom. The van der Waals surface area contributed by atoms with Crippen LogP contribution in [0, 0.1) is 0 Å². The van der Waals surface area contributed by atoms with E-state index in [-0.39, 0.29) is 10.3 Å². The number of alkyl halides is 3. The molecule has 0 saturated heterocycles. The summed E-state index contributed by atoms with van der Waals surface area (Å²) >= 11 is 0.959. The molecule has 0 spiro atoms. The average Bonchev–Trinajstić information content (AvgIpc) is 3.16. The molecule has 0 fully saturated rings. The second-order valence-electron chi connectivity index (χ2n) is 5.22. The van der Waals surface area contributed by atoms with Crippen molar-refractivity contribution in [3.8, 4) is 0 Å². The largest absolute Gasteiger partial charge is 0.435 e. The van der Waals surface area contributed by atoms with E-state index in [4.69, 9.17) is 0 Å². The summed E-state index contributed by atoms with van der Waals surface area (Å²) in [6.45, 7) is 2.72. The fraction of sp³-hybridized carbons (Fsp3) is 0.357. The summed E-state index contributed by atoms with van der Waals surface area (Å²) in [7, 11) is 1.42. The Hall–Kier alpha value is -2.36. The van der Waals surface area contributed by atoms with Gasteiger partial charge in [-0.25, -0.2) is 0 Å². The first kappa shape index (κ1) is 16.5. The summed E-state index contributed by atoms with van der Waals surface area (Å²) < 4.78 is 41.8. The normalized spacial score (nSPS) is 12.0. The van der Waals surface area contributed by atoms with Crippen LogP contribution in [-0.4, -0.2) is 25.5 Å².